The third-order valence-electron chi connectivity index (χ3n) is 4.34. The summed E-state index contributed by atoms with van der Waals surface area (Å²) < 4.78 is 79.1. The number of H-pyrrole nitrogens is 1. The molecule has 0 unspecified atom stereocenters. The molecule has 2 aromatic carbocycles. The largest absolute Gasteiger partial charge is 0.417 e. The Balaban J connectivity index is 1.91. The summed E-state index contributed by atoms with van der Waals surface area (Å²) in [4.78, 5) is 26.0. The summed E-state index contributed by atoms with van der Waals surface area (Å²) in [6.07, 6.45) is -4.28. The smallest absolute Gasteiger partial charge is 0.327 e. The Morgan fingerprint density at radius 1 is 1.03 bits per heavy atom. The summed E-state index contributed by atoms with van der Waals surface area (Å²) >= 11 is 0. The van der Waals surface area contributed by atoms with Crippen molar-refractivity contribution in [1.82, 2.24) is 4.98 Å². The number of sulfonamides is 1. The van der Waals surface area contributed by atoms with E-state index in [9.17, 15) is 35.6 Å². The molecule has 12 heteroatoms. The Hall–Kier alpha value is -3.67. The number of halogens is 4. The Morgan fingerprint density at radius 3 is 2.31 bits per heavy atom. The molecular formula is C20H15F4N3O4S. The van der Waals surface area contributed by atoms with Crippen molar-refractivity contribution < 1.29 is 30.8 Å². The van der Waals surface area contributed by atoms with E-state index in [0.717, 1.165) is 18.2 Å². The standard InChI is InChI=1S/C20H15F4N3O4S/c1-11-2-7-15(32(30,31)27-14-5-3-13(21)4-6-14)9-16(11)18(28)26-17-8-12(20(22,23)24)10-25-19(17)29/h2-10,27H,1H3,(H,25,29)(H,26,28). The van der Waals surface area contributed by atoms with Gasteiger partial charge in [0.15, 0.2) is 0 Å². The van der Waals surface area contributed by atoms with Crippen LogP contribution in [0, 0.1) is 12.7 Å². The number of anilines is 2. The first-order chi connectivity index (χ1) is 14.9. The van der Waals surface area contributed by atoms with Crippen LogP contribution >= 0.6 is 0 Å². The second-order valence-electron chi connectivity index (χ2n) is 6.67. The number of rotatable bonds is 5. The third kappa shape index (κ3) is 5.14. The summed E-state index contributed by atoms with van der Waals surface area (Å²) in [7, 11) is -4.18. The molecule has 1 amide bonds. The van der Waals surface area contributed by atoms with E-state index in [0.29, 0.717) is 17.8 Å². The number of aromatic nitrogens is 1. The minimum atomic E-state index is -4.75. The fraction of sp³-hybridized carbons (Fsp3) is 0.100. The van der Waals surface area contributed by atoms with Crippen LogP contribution in [0.15, 0.2) is 64.4 Å². The molecule has 0 fully saturated rings. The number of carbonyl (C=O) groups is 1. The highest BCUT2D eigenvalue weighted by Crippen LogP contribution is 2.29. The molecule has 0 bridgehead atoms. The molecule has 0 atom stereocenters. The molecule has 168 valence electrons. The highest BCUT2D eigenvalue weighted by Gasteiger charge is 2.31. The van der Waals surface area contributed by atoms with Crippen molar-refractivity contribution in [3.8, 4) is 0 Å². The van der Waals surface area contributed by atoms with E-state index in [1.807, 2.05) is 4.98 Å². The molecule has 1 aromatic heterocycles. The van der Waals surface area contributed by atoms with Crippen molar-refractivity contribution in [2.24, 2.45) is 0 Å². The Kier molecular flexibility index (Phi) is 6.08. The van der Waals surface area contributed by atoms with Gasteiger partial charge in [0.1, 0.15) is 11.5 Å². The van der Waals surface area contributed by atoms with Gasteiger partial charge in [-0.3, -0.25) is 14.3 Å². The molecule has 7 nitrogen and oxygen atoms in total. The zero-order valence-corrected chi connectivity index (χ0v) is 17.1. The number of benzene rings is 2. The van der Waals surface area contributed by atoms with Crippen molar-refractivity contribution in [3.63, 3.8) is 0 Å². The van der Waals surface area contributed by atoms with Crippen LogP contribution in [0.5, 0.6) is 0 Å². The molecule has 0 saturated heterocycles. The predicted molar refractivity (Wildman–Crippen MR) is 108 cm³/mol. The topological polar surface area (TPSA) is 108 Å². The first kappa shape index (κ1) is 23.0. The fourth-order valence-electron chi connectivity index (χ4n) is 2.67. The summed E-state index contributed by atoms with van der Waals surface area (Å²) in [6.45, 7) is 1.48. The monoisotopic (exact) mass is 469 g/mol. The number of carbonyl (C=O) groups excluding carboxylic acids is 1. The van der Waals surface area contributed by atoms with E-state index in [1.54, 1.807) is 0 Å². The van der Waals surface area contributed by atoms with Gasteiger partial charge in [0, 0.05) is 17.4 Å². The Bertz CT molecular complexity index is 1330. The molecule has 3 aromatic rings. The second kappa shape index (κ2) is 8.46. The van der Waals surface area contributed by atoms with Gasteiger partial charge in [-0.15, -0.1) is 0 Å². The highest BCUT2D eigenvalue weighted by molar-refractivity contribution is 7.92. The molecule has 3 rings (SSSR count). The lowest BCUT2D eigenvalue weighted by molar-refractivity contribution is -0.137. The van der Waals surface area contributed by atoms with Crippen LogP contribution in [-0.2, 0) is 16.2 Å². The van der Waals surface area contributed by atoms with E-state index >= 15 is 0 Å². The number of hydrogen-bond donors (Lipinski definition) is 3. The van der Waals surface area contributed by atoms with Crippen LogP contribution < -0.4 is 15.6 Å². The molecule has 3 N–H and O–H groups in total. The Labute approximate surface area is 179 Å². The zero-order valence-electron chi connectivity index (χ0n) is 16.2. The minimum absolute atomic E-state index is 0.0773. The first-order valence-corrected chi connectivity index (χ1v) is 10.4. The lowest BCUT2D eigenvalue weighted by Gasteiger charge is -2.12. The van der Waals surface area contributed by atoms with Crippen LogP contribution in [0.4, 0.5) is 28.9 Å². The number of amides is 1. The number of hydrogen-bond acceptors (Lipinski definition) is 4. The summed E-state index contributed by atoms with van der Waals surface area (Å²) in [5, 5.41) is 2.07. The van der Waals surface area contributed by atoms with Crippen LogP contribution in [0.2, 0.25) is 0 Å². The molecule has 0 spiro atoms. The van der Waals surface area contributed by atoms with Gasteiger partial charge in [0.2, 0.25) is 0 Å². The molecule has 0 radical (unpaired) electrons. The van der Waals surface area contributed by atoms with Crippen molar-refractivity contribution in [2.45, 2.75) is 18.0 Å². The van der Waals surface area contributed by atoms with Crippen LogP contribution in [0.3, 0.4) is 0 Å². The summed E-state index contributed by atoms with van der Waals surface area (Å²) in [6, 6.07) is 8.54. The average molecular weight is 469 g/mol. The first-order valence-electron chi connectivity index (χ1n) is 8.87. The summed E-state index contributed by atoms with van der Waals surface area (Å²) in [5.41, 5.74) is -2.58. The Morgan fingerprint density at radius 2 is 1.69 bits per heavy atom. The van der Waals surface area contributed by atoms with Gasteiger partial charge in [0.05, 0.1) is 10.5 Å². The number of pyridine rings is 1. The van der Waals surface area contributed by atoms with Gasteiger partial charge in [0.25, 0.3) is 21.5 Å². The summed E-state index contributed by atoms with van der Waals surface area (Å²) in [5.74, 6) is -1.54. The second-order valence-corrected chi connectivity index (χ2v) is 8.35. The number of aromatic amines is 1. The highest BCUT2D eigenvalue weighted by atomic mass is 32.2. The van der Waals surface area contributed by atoms with Crippen LogP contribution in [0.1, 0.15) is 21.5 Å². The number of nitrogens with one attached hydrogen (secondary N) is 3. The SMILES string of the molecule is Cc1ccc(S(=O)(=O)Nc2ccc(F)cc2)cc1C(=O)Nc1cc(C(F)(F)F)c[nH]c1=O. The molecule has 32 heavy (non-hydrogen) atoms. The maximum Gasteiger partial charge on any atom is 0.417 e. The molecule has 0 aliphatic carbocycles. The lowest BCUT2D eigenvalue weighted by Crippen LogP contribution is -2.22. The fourth-order valence-corrected chi connectivity index (χ4v) is 3.76. The van der Waals surface area contributed by atoms with Gasteiger partial charge in [-0.25, -0.2) is 12.8 Å². The number of aryl methyl sites for hydroxylation is 1. The molecule has 0 saturated carbocycles. The third-order valence-corrected chi connectivity index (χ3v) is 5.72. The van der Waals surface area contributed by atoms with E-state index in [-0.39, 0.29) is 16.1 Å². The van der Waals surface area contributed by atoms with Crippen molar-refractivity contribution in [1.29, 1.82) is 0 Å². The normalized spacial score (nSPS) is 11.8. The van der Waals surface area contributed by atoms with Gasteiger partial charge < -0.3 is 10.3 Å². The minimum Gasteiger partial charge on any atom is -0.327 e. The van der Waals surface area contributed by atoms with Gasteiger partial charge >= 0.3 is 6.18 Å². The van der Waals surface area contributed by atoms with E-state index in [4.69, 9.17) is 0 Å². The average Bonchev–Trinajstić information content (AvgIpc) is 2.70. The van der Waals surface area contributed by atoms with E-state index in [1.165, 1.54) is 31.2 Å². The molecular weight excluding hydrogens is 454 g/mol. The van der Waals surface area contributed by atoms with Gasteiger partial charge in [-0.2, -0.15) is 13.2 Å². The molecule has 0 aliphatic rings. The van der Waals surface area contributed by atoms with E-state index < -0.39 is 44.7 Å². The van der Waals surface area contributed by atoms with Crippen LogP contribution in [-0.4, -0.2) is 19.3 Å². The maximum absolute atomic E-state index is 13.0. The van der Waals surface area contributed by atoms with E-state index in [2.05, 4.69) is 10.0 Å². The predicted octanol–water partition coefficient (Wildman–Crippen LogP) is 3.89. The molecule has 1 heterocycles. The quantitative estimate of drug-likeness (QED) is 0.493. The maximum atomic E-state index is 13.0. The zero-order chi connectivity index (χ0) is 23.7. The van der Waals surface area contributed by atoms with Crippen molar-refractivity contribution >= 4 is 27.3 Å². The lowest BCUT2D eigenvalue weighted by atomic mass is 10.1. The van der Waals surface area contributed by atoms with Crippen LogP contribution in [0.25, 0.3) is 0 Å². The van der Waals surface area contributed by atoms with Crippen molar-refractivity contribution in [2.75, 3.05) is 10.0 Å². The van der Waals surface area contributed by atoms with Gasteiger partial charge in [-0.1, -0.05) is 6.07 Å². The number of alkyl halides is 3. The molecule has 0 aliphatic heterocycles. The van der Waals surface area contributed by atoms with Gasteiger partial charge in [-0.05, 0) is 55.0 Å². The van der Waals surface area contributed by atoms with Crippen molar-refractivity contribution in [3.05, 3.63) is 87.6 Å².